The van der Waals surface area contributed by atoms with Crippen molar-refractivity contribution in [3.05, 3.63) is 28.2 Å². The highest BCUT2D eigenvalue weighted by Gasteiger charge is 2.14. The van der Waals surface area contributed by atoms with Crippen LogP contribution in [0.5, 0.6) is 5.75 Å². The number of halogens is 3. The molecule has 0 saturated carbocycles. The number of hydrogen-bond acceptors (Lipinski definition) is 3. The molecule has 0 radical (unpaired) electrons. The van der Waals surface area contributed by atoms with E-state index in [0.29, 0.717) is 4.47 Å². The van der Waals surface area contributed by atoms with Crippen LogP contribution >= 0.6 is 15.9 Å². The fourth-order valence-corrected chi connectivity index (χ4v) is 2.16. The SMILES string of the molecule is NS(=O)(=O)Cc1cc(Br)ccc1OC(F)F. The van der Waals surface area contributed by atoms with Crippen molar-refractivity contribution in [3.8, 4) is 5.75 Å². The topological polar surface area (TPSA) is 69.4 Å². The molecule has 4 nitrogen and oxygen atoms in total. The van der Waals surface area contributed by atoms with Crippen LogP contribution in [-0.2, 0) is 15.8 Å². The van der Waals surface area contributed by atoms with Crippen LogP contribution in [0.25, 0.3) is 0 Å². The Morgan fingerprint density at radius 2 is 2.06 bits per heavy atom. The number of nitrogens with two attached hydrogens (primary N) is 1. The van der Waals surface area contributed by atoms with E-state index >= 15 is 0 Å². The van der Waals surface area contributed by atoms with Crippen LogP contribution in [0.3, 0.4) is 0 Å². The minimum atomic E-state index is -3.80. The normalized spacial score (nSPS) is 11.8. The van der Waals surface area contributed by atoms with E-state index in [2.05, 4.69) is 20.7 Å². The third-order valence-electron chi connectivity index (χ3n) is 1.60. The lowest BCUT2D eigenvalue weighted by Gasteiger charge is -2.10. The second-order valence-corrected chi connectivity index (χ2v) is 5.47. The highest BCUT2D eigenvalue weighted by Crippen LogP contribution is 2.25. The van der Waals surface area contributed by atoms with Crippen LogP contribution in [-0.4, -0.2) is 15.0 Å². The molecule has 2 N–H and O–H groups in total. The third kappa shape index (κ3) is 4.42. The minimum Gasteiger partial charge on any atom is -0.435 e. The van der Waals surface area contributed by atoms with E-state index in [1.54, 1.807) is 0 Å². The minimum absolute atomic E-state index is 0.0807. The van der Waals surface area contributed by atoms with Crippen LogP contribution < -0.4 is 9.88 Å². The molecule has 0 atom stereocenters. The number of sulfonamides is 1. The molecule has 0 fully saturated rings. The Bertz CT molecular complexity index is 478. The summed E-state index contributed by atoms with van der Waals surface area (Å²) in [7, 11) is -3.80. The quantitative estimate of drug-likeness (QED) is 0.921. The molecule has 0 aliphatic heterocycles. The molecule has 1 aromatic carbocycles. The molecule has 1 aromatic rings. The van der Waals surface area contributed by atoms with Gasteiger partial charge in [0.2, 0.25) is 10.0 Å². The maximum absolute atomic E-state index is 12.0. The van der Waals surface area contributed by atoms with Crippen molar-refractivity contribution in [2.24, 2.45) is 5.14 Å². The standard InChI is InChI=1S/C8H8BrF2NO3S/c9-6-1-2-7(15-8(10)11)5(3-6)4-16(12,13)14/h1-3,8H,4H2,(H2,12,13,14). The number of alkyl halides is 2. The van der Waals surface area contributed by atoms with E-state index in [-0.39, 0.29) is 11.3 Å². The summed E-state index contributed by atoms with van der Waals surface area (Å²) in [5.74, 6) is -0.763. The summed E-state index contributed by atoms with van der Waals surface area (Å²) in [5, 5.41) is 4.83. The molecular formula is C8H8BrF2NO3S. The van der Waals surface area contributed by atoms with Crippen molar-refractivity contribution in [2.45, 2.75) is 12.4 Å². The monoisotopic (exact) mass is 315 g/mol. The van der Waals surface area contributed by atoms with Crippen molar-refractivity contribution in [1.82, 2.24) is 0 Å². The summed E-state index contributed by atoms with van der Waals surface area (Å²) in [6, 6.07) is 4.07. The predicted octanol–water partition coefficient (Wildman–Crippen LogP) is 1.84. The van der Waals surface area contributed by atoms with E-state index in [0.717, 1.165) is 0 Å². The van der Waals surface area contributed by atoms with Gasteiger partial charge in [-0.05, 0) is 18.2 Å². The van der Waals surface area contributed by atoms with E-state index in [4.69, 9.17) is 5.14 Å². The second-order valence-electron chi connectivity index (χ2n) is 2.94. The van der Waals surface area contributed by atoms with Gasteiger partial charge in [0.1, 0.15) is 5.75 Å². The molecule has 0 bridgehead atoms. The molecule has 0 aliphatic carbocycles. The Kier molecular flexibility index (Phi) is 4.22. The lowest BCUT2D eigenvalue weighted by molar-refractivity contribution is -0.0503. The predicted molar refractivity (Wildman–Crippen MR) is 57.6 cm³/mol. The summed E-state index contributed by atoms with van der Waals surface area (Å²) < 4.78 is 50.5. The molecule has 0 aromatic heterocycles. The zero-order valence-corrected chi connectivity index (χ0v) is 10.3. The Labute approximate surface area is 99.6 Å². The van der Waals surface area contributed by atoms with Gasteiger partial charge in [0, 0.05) is 10.0 Å². The van der Waals surface area contributed by atoms with E-state index in [9.17, 15) is 17.2 Å². The molecule has 0 saturated heterocycles. The van der Waals surface area contributed by atoms with E-state index in [1.165, 1.54) is 18.2 Å². The molecule has 16 heavy (non-hydrogen) atoms. The summed E-state index contributed by atoms with van der Waals surface area (Å²) in [6.07, 6.45) is 0. The molecule has 0 heterocycles. The molecule has 0 unspecified atom stereocenters. The number of rotatable bonds is 4. The summed E-state index contributed by atoms with van der Waals surface area (Å²) >= 11 is 3.09. The highest BCUT2D eigenvalue weighted by atomic mass is 79.9. The van der Waals surface area contributed by atoms with Gasteiger partial charge >= 0.3 is 6.61 Å². The Morgan fingerprint density at radius 1 is 1.44 bits per heavy atom. The van der Waals surface area contributed by atoms with Gasteiger partial charge < -0.3 is 4.74 Å². The maximum Gasteiger partial charge on any atom is 0.387 e. The molecule has 8 heteroatoms. The molecule has 0 spiro atoms. The van der Waals surface area contributed by atoms with Gasteiger partial charge in [-0.2, -0.15) is 8.78 Å². The maximum atomic E-state index is 12.0. The van der Waals surface area contributed by atoms with Crippen molar-refractivity contribution in [1.29, 1.82) is 0 Å². The lowest BCUT2D eigenvalue weighted by Crippen LogP contribution is -2.16. The van der Waals surface area contributed by atoms with Gasteiger partial charge in [-0.1, -0.05) is 15.9 Å². The second kappa shape index (κ2) is 5.07. The van der Waals surface area contributed by atoms with Crippen LogP contribution in [0.15, 0.2) is 22.7 Å². The molecule has 1 rings (SSSR count). The van der Waals surface area contributed by atoms with E-state index in [1.807, 2.05) is 0 Å². The largest absolute Gasteiger partial charge is 0.435 e. The van der Waals surface area contributed by atoms with Crippen LogP contribution in [0.4, 0.5) is 8.78 Å². The number of ether oxygens (including phenoxy) is 1. The third-order valence-corrected chi connectivity index (χ3v) is 2.80. The van der Waals surface area contributed by atoms with Crippen LogP contribution in [0.2, 0.25) is 0 Å². The van der Waals surface area contributed by atoms with Crippen molar-refractivity contribution >= 4 is 26.0 Å². The average molecular weight is 316 g/mol. The summed E-state index contributed by atoms with van der Waals surface area (Å²) in [5.41, 5.74) is 0.0807. The van der Waals surface area contributed by atoms with Crippen molar-refractivity contribution < 1.29 is 21.9 Å². The summed E-state index contributed by atoms with van der Waals surface area (Å²) in [4.78, 5) is 0. The fourth-order valence-electron chi connectivity index (χ4n) is 1.09. The smallest absolute Gasteiger partial charge is 0.387 e. The first-order chi connectivity index (χ1) is 7.28. The number of hydrogen-bond donors (Lipinski definition) is 1. The van der Waals surface area contributed by atoms with Crippen molar-refractivity contribution in [3.63, 3.8) is 0 Å². The van der Waals surface area contributed by atoms with Gasteiger partial charge in [0.05, 0.1) is 5.75 Å². The fraction of sp³-hybridized carbons (Fsp3) is 0.250. The van der Waals surface area contributed by atoms with Crippen LogP contribution in [0.1, 0.15) is 5.56 Å². The van der Waals surface area contributed by atoms with Gasteiger partial charge in [0.15, 0.2) is 0 Å². The molecular weight excluding hydrogens is 308 g/mol. The van der Waals surface area contributed by atoms with Crippen molar-refractivity contribution in [2.75, 3.05) is 0 Å². The molecule has 0 aliphatic rings. The molecule has 90 valence electrons. The number of benzene rings is 1. The highest BCUT2D eigenvalue weighted by molar-refractivity contribution is 9.10. The Balaban J connectivity index is 3.08. The van der Waals surface area contributed by atoms with Gasteiger partial charge in [0.25, 0.3) is 0 Å². The summed E-state index contributed by atoms with van der Waals surface area (Å²) in [6.45, 7) is -3.01. The first-order valence-corrected chi connectivity index (χ1v) is 6.52. The Morgan fingerprint density at radius 3 is 2.56 bits per heavy atom. The molecule has 0 amide bonds. The Hall–Kier alpha value is -0.730. The zero-order valence-electron chi connectivity index (χ0n) is 7.86. The van der Waals surface area contributed by atoms with Gasteiger partial charge in [-0.15, -0.1) is 0 Å². The van der Waals surface area contributed by atoms with Gasteiger partial charge in [-0.3, -0.25) is 0 Å². The van der Waals surface area contributed by atoms with Crippen LogP contribution in [0, 0.1) is 0 Å². The zero-order chi connectivity index (χ0) is 12.3. The average Bonchev–Trinajstić information content (AvgIpc) is 2.06. The van der Waals surface area contributed by atoms with Gasteiger partial charge in [-0.25, -0.2) is 13.6 Å². The number of primary sulfonamides is 1. The first-order valence-electron chi connectivity index (χ1n) is 4.01. The first kappa shape index (κ1) is 13.3. The van der Waals surface area contributed by atoms with E-state index < -0.39 is 22.4 Å². The lowest BCUT2D eigenvalue weighted by atomic mass is 10.2.